The van der Waals surface area contributed by atoms with Gasteiger partial charge in [0, 0.05) is 61.8 Å². The van der Waals surface area contributed by atoms with Crippen molar-refractivity contribution in [2.75, 3.05) is 38.3 Å². The molecule has 7 heteroatoms. The molecule has 178 valence electrons. The largest absolute Gasteiger partial charge is 0.381 e. The van der Waals surface area contributed by atoms with Crippen LogP contribution in [0.1, 0.15) is 64.3 Å². The van der Waals surface area contributed by atoms with E-state index in [-0.39, 0.29) is 5.57 Å². The summed E-state index contributed by atoms with van der Waals surface area (Å²) in [6.07, 6.45) is 2.81. The molecule has 2 aliphatic heterocycles. The zero-order valence-corrected chi connectivity index (χ0v) is 20.3. The van der Waals surface area contributed by atoms with Crippen molar-refractivity contribution < 1.29 is 13.5 Å². The van der Waals surface area contributed by atoms with Crippen molar-refractivity contribution >= 4 is 5.82 Å². The number of halogens is 2. The quantitative estimate of drug-likeness (QED) is 0.492. The molecule has 0 unspecified atom stereocenters. The summed E-state index contributed by atoms with van der Waals surface area (Å²) in [6, 6.07) is 0.324. The first kappa shape index (κ1) is 24.6. The molecule has 5 nitrogen and oxygen atoms in total. The molecule has 1 fully saturated rings. The summed E-state index contributed by atoms with van der Waals surface area (Å²) in [5.74, 6) is 0.886. The number of anilines is 1. The van der Waals surface area contributed by atoms with Gasteiger partial charge in [0.05, 0.1) is 6.04 Å². The standard InChI is InChI=1S/C25H38F2N4O/c1-7-11-30(23(18(4)5)15-20(17(2)3)24(26)27)25-21-16-29(6)12-8-22(21)31(28-25)19-9-13-32-14-10-19/h15,19,24H,4,7-14,16H2,1-3,5-6H3/b23-15+. The molecule has 0 radical (unpaired) electrons. The fourth-order valence-corrected chi connectivity index (χ4v) is 4.58. The lowest BCUT2D eigenvalue weighted by molar-refractivity contribution is 0.0651. The highest BCUT2D eigenvalue weighted by molar-refractivity contribution is 5.60. The lowest BCUT2D eigenvalue weighted by atomic mass is 10.0. The van der Waals surface area contributed by atoms with Crippen LogP contribution in [0.3, 0.4) is 0 Å². The molecule has 1 saturated heterocycles. The highest BCUT2D eigenvalue weighted by Crippen LogP contribution is 2.36. The summed E-state index contributed by atoms with van der Waals surface area (Å²) in [4.78, 5) is 4.41. The lowest BCUT2D eigenvalue weighted by Crippen LogP contribution is -2.30. The Kier molecular flexibility index (Phi) is 8.28. The molecule has 0 bridgehead atoms. The molecule has 1 aromatic heterocycles. The Morgan fingerprint density at radius 2 is 1.97 bits per heavy atom. The number of hydrogen-bond acceptors (Lipinski definition) is 4. The smallest absolute Gasteiger partial charge is 0.263 e. The summed E-state index contributed by atoms with van der Waals surface area (Å²) < 4.78 is 35.4. The van der Waals surface area contributed by atoms with Gasteiger partial charge >= 0.3 is 0 Å². The first-order chi connectivity index (χ1) is 15.2. The Bertz CT molecular complexity index is 877. The van der Waals surface area contributed by atoms with Crippen molar-refractivity contribution in [2.24, 2.45) is 0 Å². The van der Waals surface area contributed by atoms with Gasteiger partial charge in [-0.25, -0.2) is 8.78 Å². The van der Waals surface area contributed by atoms with Crippen LogP contribution in [0.2, 0.25) is 0 Å². The number of rotatable bonds is 8. The van der Waals surface area contributed by atoms with Gasteiger partial charge in [-0.05, 0) is 58.7 Å². The molecule has 0 saturated carbocycles. The molecule has 2 aliphatic rings. The molecule has 0 N–H and O–H groups in total. The number of fused-ring (bicyclic) bond motifs is 1. The third kappa shape index (κ3) is 5.31. The van der Waals surface area contributed by atoms with Gasteiger partial charge in [-0.3, -0.25) is 4.68 Å². The van der Waals surface area contributed by atoms with Crippen LogP contribution in [-0.4, -0.2) is 54.5 Å². The first-order valence-electron chi connectivity index (χ1n) is 11.7. The fraction of sp³-hybridized carbons (Fsp3) is 0.640. The van der Waals surface area contributed by atoms with Crippen LogP contribution >= 0.6 is 0 Å². The number of ether oxygens (including phenoxy) is 1. The van der Waals surface area contributed by atoms with Gasteiger partial charge in [-0.15, -0.1) is 0 Å². The normalized spacial score (nSPS) is 18.1. The maximum atomic E-state index is 13.8. The fourth-order valence-electron chi connectivity index (χ4n) is 4.58. The minimum Gasteiger partial charge on any atom is -0.381 e. The van der Waals surface area contributed by atoms with E-state index in [0.29, 0.717) is 18.2 Å². The number of hydrogen-bond donors (Lipinski definition) is 0. The molecule has 0 aromatic carbocycles. The topological polar surface area (TPSA) is 33.5 Å². The van der Waals surface area contributed by atoms with Crippen molar-refractivity contribution in [1.82, 2.24) is 14.7 Å². The average molecular weight is 449 g/mol. The SMILES string of the molecule is C=C(C)/C(=C\C(=C(C)C)C(F)F)N(CCC)c1nn(C2CCOCC2)c2c1CN(C)CC2. The van der Waals surface area contributed by atoms with Crippen LogP contribution < -0.4 is 4.90 Å². The Labute approximate surface area is 191 Å². The van der Waals surface area contributed by atoms with Crippen molar-refractivity contribution in [3.8, 4) is 0 Å². The molecule has 0 amide bonds. The van der Waals surface area contributed by atoms with E-state index < -0.39 is 6.43 Å². The van der Waals surface area contributed by atoms with E-state index in [0.717, 1.165) is 69.1 Å². The number of aromatic nitrogens is 2. The summed E-state index contributed by atoms with van der Waals surface area (Å²) >= 11 is 0. The summed E-state index contributed by atoms with van der Waals surface area (Å²) in [5, 5.41) is 5.14. The number of allylic oxidation sites excluding steroid dienone is 4. The van der Waals surface area contributed by atoms with Crippen LogP contribution in [0.25, 0.3) is 0 Å². The second kappa shape index (κ2) is 10.8. The summed E-state index contributed by atoms with van der Waals surface area (Å²) in [5.41, 5.74) is 4.64. The zero-order chi connectivity index (χ0) is 23.4. The van der Waals surface area contributed by atoms with E-state index in [4.69, 9.17) is 9.84 Å². The Morgan fingerprint density at radius 3 is 2.53 bits per heavy atom. The van der Waals surface area contributed by atoms with E-state index in [9.17, 15) is 8.78 Å². The Hall–Kier alpha value is -1.99. The third-order valence-electron chi connectivity index (χ3n) is 6.33. The molecule has 0 atom stereocenters. The van der Waals surface area contributed by atoms with E-state index in [2.05, 4.69) is 35.0 Å². The van der Waals surface area contributed by atoms with Gasteiger partial charge in [0.15, 0.2) is 5.82 Å². The second-order valence-electron chi connectivity index (χ2n) is 9.24. The maximum absolute atomic E-state index is 13.8. The van der Waals surface area contributed by atoms with Crippen LogP contribution in [0.5, 0.6) is 0 Å². The van der Waals surface area contributed by atoms with Gasteiger partial charge in [-0.2, -0.15) is 5.10 Å². The van der Waals surface area contributed by atoms with Crippen molar-refractivity contribution in [2.45, 2.75) is 72.4 Å². The minimum atomic E-state index is -2.53. The highest BCUT2D eigenvalue weighted by Gasteiger charge is 2.31. The van der Waals surface area contributed by atoms with Gasteiger partial charge in [0.25, 0.3) is 6.43 Å². The lowest BCUT2D eigenvalue weighted by Gasteiger charge is -2.30. The van der Waals surface area contributed by atoms with Gasteiger partial charge in [0.1, 0.15) is 0 Å². The van der Waals surface area contributed by atoms with Crippen molar-refractivity contribution in [3.05, 3.63) is 46.3 Å². The molecule has 3 rings (SSSR count). The predicted octanol–water partition coefficient (Wildman–Crippen LogP) is 5.50. The maximum Gasteiger partial charge on any atom is 0.263 e. The number of nitrogens with zero attached hydrogens (tertiary/aromatic N) is 4. The number of alkyl halides is 2. The van der Waals surface area contributed by atoms with Gasteiger partial charge in [0.2, 0.25) is 0 Å². The Morgan fingerprint density at radius 1 is 1.28 bits per heavy atom. The van der Waals surface area contributed by atoms with E-state index in [1.165, 1.54) is 11.3 Å². The third-order valence-corrected chi connectivity index (χ3v) is 6.33. The average Bonchev–Trinajstić information content (AvgIpc) is 3.11. The highest BCUT2D eigenvalue weighted by atomic mass is 19.3. The second-order valence-corrected chi connectivity index (χ2v) is 9.24. The monoisotopic (exact) mass is 448 g/mol. The predicted molar refractivity (Wildman–Crippen MR) is 126 cm³/mol. The Balaban J connectivity index is 2.15. The summed E-state index contributed by atoms with van der Waals surface area (Å²) in [6.45, 7) is 15.6. The van der Waals surface area contributed by atoms with Gasteiger partial charge in [-0.1, -0.05) is 19.1 Å². The molecule has 1 aromatic rings. The first-order valence-corrected chi connectivity index (χ1v) is 11.7. The van der Waals surface area contributed by atoms with Gasteiger partial charge < -0.3 is 14.5 Å². The van der Waals surface area contributed by atoms with E-state index in [1.807, 2.05) is 6.92 Å². The molecule has 0 aliphatic carbocycles. The molecule has 3 heterocycles. The van der Waals surface area contributed by atoms with Crippen LogP contribution in [0.4, 0.5) is 14.6 Å². The van der Waals surface area contributed by atoms with Crippen molar-refractivity contribution in [1.29, 1.82) is 0 Å². The molecule has 0 spiro atoms. The molecular weight excluding hydrogens is 410 g/mol. The number of likely N-dealkylation sites (N-methyl/N-ethyl adjacent to an activating group) is 1. The van der Waals surface area contributed by atoms with E-state index >= 15 is 0 Å². The summed E-state index contributed by atoms with van der Waals surface area (Å²) in [7, 11) is 2.12. The van der Waals surface area contributed by atoms with Crippen molar-refractivity contribution in [3.63, 3.8) is 0 Å². The van der Waals surface area contributed by atoms with E-state index in [1.54, 1.807) is 19.9 Å². The molecular formula is C25H38F2N4O. The van der Waals surface area contributed by atoms with Crippen LogP contribution in [0.15, 0.2) is 35.1 Å². The van der Waals surface area contributed by atoms with Crippen LogP contribution in [-0.2, 0) is 17.7 Å². The van der Waals surface area contributed by atoms with Crippen LogP contribution in [0, 0.1) is 0 Å². The molecule has 32 heavy (non-hydrogen) atoms. The zero-order valence-electron chi connectivity index (χ0n) is 20.3. The minimum absolute atomic E-state index is 0.0546.